The van der Waals surface area contributed by atoms with Crippen molar-refractivity contribution in [3.8, 4) is 0 Å². The van der Waals surface area contributed by atoms with Crippen molar-refractivity contribution in [2.24, 2.45) is 0 Å². The molecular weight excluding hydrogens is 298 g/mol. The first-order valence-corrected chi connectivity index (χ1v) is 7.93. The zero-order valence-corrected chi connectivity index (χ0v) is 13.7. The van der Waals surface area contributed by atoms with E-state index < -0.39 is 0 Å². The zero-order valence-electron chi connectivity index (χ0n) is 13.0. The molecule has 0 saturated carbocycles. The van der Waals surface area contributed by atoms with E-state index in [4.69, 9.17) is 11.6 Å². The molecule has 1 aliphatic heterocycles. The van der Waals surface area contributed by atoms with Crippen molar-refractivity contribution >= 4 is 23.1 Å². The van der Waals surface area contributed by atoms with Crippen molar-refractivity contribution in [3.05, 3.63) is 41.1 Å². The number of hydrogen-bond acceptors (Lipinski definition) is 5. The summed E-state index contributed by atoms with van der Waals surface area (Å²) in [7, 11) is 0. The summed E-state index contributed by atoms with van der Waals surface area (Å²) in [6.45, 7) is 7.75. The van der Waals surface area contributed by atoms with Crippen LogP contribution in [0.25, 0.3) is 0 Å². The largest absolute Gasteiger partial charge is 0.370 e. The lowest BCUT2D eigenvalue weighted by atomic mass is 10.3. The highest BCUT2D eigenvalue weighted by molar-refractivity contribution is 6.32. The van der Waals surface area contributed by atoms with Gasteiger partial charge in [-0.2, -0.15) is 0 Å². The second-order valence-corrected chi connectivity index (χ2v) is 5.98. The average Bonchev–Trinajstić information content (AvgIpc) is 2.76. The van der Waals surface area contributed by atoms with Crippen LogP contribution in [0.1, 0.15) is 17.9 Å². The smallest absolute Gasteiger partial charge is 0.151 e. The van der Waals surface area contributed by atoms with Gasteiger partial charge in [-0.25, -0.2) is 9.97 Å². The van der Waals surface area contributed by atoms with Crippen LogP contribution in [0.2, 0.25) is 5.02 Å². The number of nitrogens with zero attached hydrogens (tertiary/aromatic N) is 5. The Kier molecular flexibility index (Phi) is 4.43. The van der Waals surface area contributed by atoms with Gasteiger partial charge in [0.25, 0.3) is 0 Å². The molecule has 5 nitrogen and oxygen atoms in total. The number of aryl methyl sites for hydroxylation is 2. The van der Waals surface area contributed by atoms with Crippen LogP contribution in [-0.2, 0) is 0 Å². The minimum atomic E-state index is 0.624. The molecule has 0 N–H and O–H groups in total. The summed E-state index contributed by atoms with van der Waals surface area (Å²) in [6, 6.07) is 4.21. The van der Waals surface area contributed by atoms with E-state index >= 15 is 0 Å². The lowest BCUT2D eigenvalue weighted by Crippen LogP contribution is -2.31. The van der Waals surface area contributed by atoms with E-state index in [0.717, 1.165) is 49.9 Å². The summed E-state index contributed by atoms with van der Waals surface area (Å²) in [5, 5.41) is 0.624. The number of hydrogen-bond donors (Lipinski definition) is 0. The third-order valence-electron chi connectivity index (χ3n) is 3.89. The zero-order chi connectivity index (χ0) is 15.5. The summed E-state index contributed by atoms with van der Waals surface area (Å²) < 4.78 is 0. The lowest BCUT2D eigenvalue weighted by Gasteiger charge is -2.24. The van der Waals surface area contributed by atoms with Gasteiger partial charge in [0, 0.05) is 43.8 Å². The lowest BCUT2D eigenvalue weighted by molar-refractivity contribution is 0.792. The maximum Gasteiger partial charge on any atom is 0.151 e. The van der Waals surface area contributed by atoms with E-state index in [9.17, 15) is 0 Å². The molecular formula is C16H20ClN5. The molecule has 0 amide bonds. The average molecular weight is 318 g/mol. The Balaban J connectivity index is 1.76. The van der Waals surface area contributed by atoms with Crippen molar-refractivity contribution in [2.45, 2.75) is 20.3 Å². The fraction of sp³-hybridized carbons (Fsp3) is 0.438. The van der Waals surface area contributed by atoms with Crippen LogP contribution in [0.5, 0.6) is 0 Å². The van der Waals surface area contributed by atoms with Crippen LogP contribution >= 0.6 is 11.6 Å². The van der Waals surface area contributed by atoms with Crippen LogP contribution in [-0.4, -0.2) is 41.1 Å². The summed E-state index contributed by atoms with van der Waals surface area (Å²) in [6.07, 6.45) is 4.63. The third-order valence-corrected chi connectivity index (χ3v) is 4.15. The number of halogens is 1. The van der Waals surface area contributed by atoms with Crippen molar-refractivity contribution in [3.63, 3.8) is 0 Å². The van der Waals surface area contributed by atoms with Gasteiger partial charge in [-0.15, -0.1) is 0 Å². The van der Waals surface area contributed by atoms with Gasteiger partial charge < -0.3 is 9.80 Å². The molecule has 3 heterocycles. The molecule has 1 saturated heterocycles. The van der Waals surface area contributed by atoms with E-state index in [-0.39, 0.29) is 0 Å². The highest BCUT2D eigenvalue weighted by atomic mass is 35.5. The molecule has 0 radical (unpaired) electrons. The Morgan fingerprint density at radius 1 is 1.05 bits per heavy atom. The molecule has 22 heavy (non-hydrogen) atoms. The number of aromatic nitrogens is 3. The number of anilines is 2. The highest BCUT2D eigenvalue weighted by Gasteiger charge is 2.18. The molecule has 2 aromatic heterocycles. The minimum Gasteiger partial charge on any atom is -0.370 e. The second-order valence-electron chi connectivity index (χ2n) is 5.57. The Hall–Kier alpha value is -1.88. The SMILES string of the molecule is Cc1cc(N2CCCN(c3nc(C)ncc3Cl)CC2)ccn1. The highest BCUT2D eigenvalue weighted by Crippen LogP contribution is 2.24. The molecule has 0 aromatic carbocycles. The van der Waals surface area contributed by atoms with Crippen molar-refractivity contribution in [2.75, 3.05) is 36.0 Å². The van der Waals surface area contributed by atoms with Gasteiger partial charge in [0.05, 0.1) is 6.20 Å². The van der Waals surface area contributed by atoms with Gasteiger partial charge in [0.15, 0.2) is 5.82 Å². The van der Waals surface area contributed by atoms with Gasteiger partial charge in [-0.05, 0) is 32.4 Å². The van der Waals surface area contributed by atoms with E-state index in [0.29, 0.717) is 5.02 Å². The third kappa shape index (κ3) is 3.30. The fourth-order valence-corrected chi connectivity index (χ4v) is 2.99. The van der Waals surface area contributed by atoms with Gasteiger partial charge in [0.2, 0.25) is 0 Å². The van der Waals surface area contributed by atoms with Crippen LogP contribution in [0, 0.1) is 13.8 Å². The number of pyridine rings is 1. The molecule has 0 bridgehead atoms. The summed E-state index contributed by atoms with van der Waals surface area (Å²) in [5.41, 5.74) is 2.28. The molecule has 1 aliphatic rings. The van der Waals surface area contributed by atoms with Gasteiger partial charge in [-0.3, -0.25) is 4.98 Å². The summed E-state index contributed by atoms with van der Waals surface area (Å²) in [5.74, 6) is 1.60. The molecule has 3 rings (SSSR count). The van der Waals surface area contributed by atoms with E-state index in [1.165, 1.54) is 5.69 Å². The Bertz CT molecular complexity index is 661. The van der Waals surface area contributed by atoms with Crippen molar-refractivity contribution < 1.29 is 0 Å². The first-order chi connectivity index (χ1) is 10.6. The van der Waals surface area contributed by atoms with Gasteiger partial charge in [-0.1, -0.05) is 11.6 Å². The van der Waals surface area contributed by atoms with E-state index in [1.807, 2.05) is 20.0 Å². The Morgan fingerprint density at radius 2 is 1.82 bits per heavy atom. The van der Waals surface area contributed by atoms with Gasteiger partial charge >= 0.3 is 0 Å². The molecule has 1 fully saturated rings. The molecule has 0 unspecified atom stereocenters. The Labute approximate surface area is 136 Å². The molecule has 0 spiro atoms. The van der Waals surface area contributed by atoms with Crippen LogP contribution in [0.3, 0.4) is 0 Å². The van der Waals surface area contributed by atoms with Crippen LogP contribution in [0.4, 0.5) is 11.5 Å². The maximum atomic E-state index is 6.27. The summed E-state index contributed by atoms with van der Waals surface area (Å²) >= 11 is 6.27. The fourth-order valence-electron chi connectivity index (χ4n) is 2.78. The molecule has 0 atom stereocenters. The molecule has 0 aliphatic carbocycles. The predicted molar refractivity (Wildman–Crippen MR) is 89.8 cm³/mol. The first-order valence-electron chi connectivity index (χ1n) is 7.55. The standard InChI is InChI=1S/C16H20ClN5/c1-12-10-14(4-5-18-12)21-6-3-7-22(9-8-21)16-15(17)11-19-13(2)20-16/h4-5,10-11H,3,6-9H2,1-2H3. The minimum absolute atomic E-state index is 0.624. The van der Waals surface area contributed by atoms with Crippen LogP contribution in [0.15, 0.2) is 24.5 Å². The first kappa shape index (κ1) is 15.0. The maximum absolute atomic E-state index is 6.27. The monoisotopic (exact) mass is 317 g/mol. The van der Waals surface area contributed by atoms with Crippen LogP contribution < -0.4 is 9.80 Å². The Morgan fingerprint density at radius 3 is 2.64 bits per heavy atom. The van der Waals surface area contributed by atoms with Crippen molar-refractivity contribution in [1.82, 2.24) is 15.0 Å². The quantitative estimate of drug-likeness (QED) is 0.852. The molecule has 116 valence electrons. The van der Waals surface area contributed by atoms with Gasteiger partial charge in [0.1, 0.15) is 10.8 Å². The van der Waals surface area contributed by atoms with Crippen molar-refractivity contribution in [1.29, 1.82) is 0 Å². The molecule has 2 aromatic rings. The normalized spacial score (nSPS) is 15.8. The topological polar surface area (TPSA) is 45.2 Å². The summed E-state index contributed by atoms with van der Waals surface area (Å²) in [4.78, 5) is 17.6. The van der Waals surface area contributed by atoms with E-state index in [2.05, 4.69) is 36.9 Å². The van der Waals surface area contributed by atoms with E-state index in [1.54, 1.807) is 6.20 Å². The molecule has 6 heteroatoms. The number of rotatable bonds is 2. The predicted octanol–water partition coefficient (Wildman–Crippen LogP) is 2.86. The second kappa shape index (κ2) is 6.48.